The molecule has 3 aliphatic rings. The molecule has 0 aromatic heterocycles. The number of hydrogen-bond acceptors (Lipinski definition) is 14. The van der Waals surface area contributed by atoms with Gasteiger partial charge in [-0.2, -0.15) is 0 Å². The summed E-state index contributed by atoms with van der Waals surface area (Å²) in [6.45, 7) is 16.4. The van der Waals surface area contributed by atoms with Crippen LogP contribution in [0.5, 0.6) is 0 Å². The summed E-state index contributed by atoms with van der Waals surface area (Å²) in [5.74, 6) is -5.30. The van der Waals surface area contributed by atoms with E-state index in [0.717, 1.165) is 0 Å². The van der Waals surface area contributed by atoms with Crippen LogP contribution in [-0.4, -0.2) is 129 Å². The van der Waals surface area contributed by atoms with Crippen molar-refractivity contribution >= 4 is 11.8 Å². The quantitative estimate of drug-likeness (QED) is 0.205. The van der Waals surface area contributed by atoms with Crippen molar-refractivity contribution in [2.45, 2.75) is 173 Å². The first-order valence-corrected chi connectivity index (χ1v) is 18.1. The number of rotatable bonds is 7. The number of cyclic esters (lactones) is 1. The Balaban J connectivity index is 2.18. The number of carbonyl (C=O) groups excluding carboxylic acids is 2. The fraction of sp³-hybridized carbons (Fsp3) is 0.944. The molecule has 14 nitrogen and oxygen atoms in total. The third-order valence-corrected chi connectivity index (χ3v) is 11.5. The van der Waals surface area contributed by atoms with Gasteiger partial charge in [0.25, 0.3) is 0 Å². The van der Waals surface area contributed by atoms with Gasteiger partial charge in [0.15, 0.2) is 12.6 Å². The van der Waals surface area contributed by atoms with Crippen LogP contribution in [0.25, 0.3) is 0 Å². The van der Waals surface area contributed by atoms with Crippen LogP contribution in [-0.2, 0) is 38.0 Å². The van der Waals surface area contributed by atoms with Crippen molar-refractivity contribution in [3.05, 3.63) is 0 Å². The summed E-state index contributed by atoms with van der Waals surface area (Å²) in [6.07, 6.45) is -9.84. The van der Waals surface area contributed by atoms with Crippen LogP contribution in [0, 0.1) is 29.6 Å². The number of aliphatic hydroxyl groups excluding tert-OH is 3. The third kappa shape index (κ3) is 9.25. The molecule has 0 aromatic rings. The summed E-state index contributed by atoms with van der Waals surface area (Å²) in [5, 5.41) is 57.3. The normalized spacial score (nSPS) is 50.4. The van der Waals surface area contributed by atoms with Crippen LogP contribution in [0.3, 0.4) is 0 Å². The molecule has 292 valence electrons. The number of nitrogens with two attached hydrogens (primary N) is 1. The predicted octanol–water partition coefficient (Wildman–Crippen LogP) is 1.43. The molecule has 3 aliphatic heterocycles. The van der Waals surface area contributed by atoms with E-state index in [-0.39, 0.29) is 37.8 Å². The number of carbonyl (C=O) groups is 2. The summed E-state index contributed by atoms with van der Waals surface area (Å²) in [7, 11) is 1.47. The lowest BCUT2D eigenvalue weighted by Gasteiger charge is -2.48. The van der Waals surface area contributed by atoms with Crippen LogP contribution < -0.4 is 5.73 Å². The predicted molar refractivity (Wildman–Crippen MR) is 181 cm³/mol. The number of aliphatic hydroxyl groups is 5. The average Bonchev–Trinajstić information content (AvgIpc) is 3.04. The highest BCUT2D eigenvalue weighted by Crippen LogP contribution is 2.41. The highest BCUT2D eigenvalue weighted by Gasteiger charge is 2.53. The molecule has 3 saturated heterocycles. The first-order valence-electron chi connectivity index (χ1n) is 18.1. The minimum Gasteiger partial charge on any atom is -0.459 e. The second kappa shape index (κ2) is 16.8. The molecule has 0 spiro atoms. The number of esters is 1. The molecule has 0 saturated carbocycles. The van der Waals surface area contributed by atoms with Gasteiger partial charge in [-0.3, -0.25) is 9.59 Å². The number of Topliss-reactive ketones (excluding diaryl/α,β-unsaturated/α-hetero) is 1. The molecule has 12 unspecified atom stereocenters. The van der Waals surface area contributed by atoms with Crippen LogP contribution in [0.1, 0.15) is 94.9 Å². The van der Waals surface area contributed by atoms with Crippen LogP contribution in [0.2, 0.25) is 0 Å². The molecule has 18 atom stereocenters. The van der Waals surface area contributed by atoms with Crippen molar-refractivity contribution in [1.29, 1.82) is 0 Å². The Kier molecular flexibility index (Phi) is 14.5. The second-order valence-corrected chi connectivity index (χ2v) is 16.1. The maximum absolute atomic E-state index is 14.1. The van der Waals surface area contributed by atoms with E-state index in [1.54, 1.807) is 34.6 Å². The first-order chi connectivity index (χ1) is 23.0. The van der Waals surface area contributed by atoms with Gasteiger partial charge in [0.05, 0.1) is 47.6 Å². The van der Waals surface area contributed by atoms with Gasteiger partial charge in [-0.25, -0.2) is 0 Å². The zero-order valence-electron chi connectivity index (χ0n) is 31.8. The molecule has 0 radical (unpaired) electrons. The van der Waals surface area contributed by atoms with Gasteiger partial charge in [0.2, 0.25) is 0 Å². The van der Waals surface area contributed by atoms with Crippen molar-refractivity contribution < 1.29 is 63.5 Å². The van der Waals surface area contributed by atoms with E-state index in [2.05, 4.69) is 0 Å². The van der Waals surface area contributed by atoms with E-state index in [1.807, 2.05) is 13.8 Å². The van der Waals surface area contributed by atoms with Crippen LogP contribution >= 0.6 is 0 Å². The zero-order chi connectivity index (χ0) is 38.1. The van der Waals surface area contributed by atoms with Gasteiger partial charge in [-0.15, -0.1) is 0 Å². The average molecular weight is 720 g/mol. The SMILES string of the molecule is COC1(C)CC(OC2C(C)C(=O)O[C@H](CCN)[C@@](C)(O)C(O)[C@@H](C)C(=O)[C@H](C)C[C@@](C)(O)C(OC3OC(C)CC(C)C3O)[C@H]2C)OC(C)C1O. The van der Waals surface area contributed by atoms with E-state index in [1.165, 1.54) is 27.9 Å². The van der Waals surface area contributed by atoms with Gasteiger partial charge >= 0.3 is 5.97 Å². The molecular weight excluding hydrogens is 654 g/mol. The summed E-state index contributed by atoms with van der Waals surface area (Å²) in [5.41, 5.74) is 0.943. The molecule has 0 amide bonds. The highest BCUT2D eigenvalue weighted by molar-refractivity contribution is 5.83. The monoisotopic (exact) mass is 719 g/mol. The summed E-state index contributed by atoms with van der Waals surface area (Å²) in [6, 6.07) is 0. The number of ether oxygens (including phenoxy) is 6. The topological polar surface area (TPSA) is 217 Å². The molecule has 0 bridgehead atoms. The Hall–Kier alpha value is -1.30. The fourth-order valence-corrected chi connectivity index (χ4v) is 8.17. The number of ketones is 1. The fourth-order valence-electron chi connectivity index (χ4n) is 8.17. The van der Waals surface area contributed by atoms with Gasteiger partial charge < -0.3 is 59.7 Å². The Morgan fingerprint density at radius 1 is 0.880 bits per heavy atom. The third-order valence-electron chi connectivity index (χ3n) is 11.5. The summed E-state index contributed by atoms with van der Waals surface area (Å²) >= 11 is 0. The second-order valence-electron chi connectivity index (χ2n) is 16.1. The molecule has 50 heavy (non-hydrogen) atoms. The molecule has 3 fully saturated rings. The summed E-state index contributed by atoms with van der Waals surface area (Å²) < 4.78 is 36.8. The molecule has 0 aromatic carbocycles. The minimum absolute atomic E-state index is 0.00926. The van der Waals surface area contributed by atoms with E-state index in [0.29, 0.717) is 6.42 Å². The summed E-state index contributed by atoms with van der Waals surface area (Å²) in [4.78, 5) is 27.9. The van der Waals surface area contributed by atoms with Crippen LogP contribution in [0.15, 0.2) is 0 Å². The molecular formula is C36H65NO13. The Morgan fingerprint density at radius 3 is 2.08 bits per heavy atom. The molecule has 3 rings (SSSR count). The number of methoxy groups -OCH3 is 1. The largest absolute Gasteiger partial charge is 0.459 e. The van der Waals surface area contributed by atoms with Crippen molar-refractivity contribution in [2.75, 3.05) is 13.7 Å². The maximum atomic E-state index is 14.1. The van der Waals surface area contributed by atoms with Gasteiger partial charge in [-0.05, 0) is 73.3 Å². The minimum atomic E-state index is -2.07. The Bertz CT molecular complexity index is 1140. The van der Waals surface area contributed by atoms with Crippen molar-refractivity contribution in [2.24, 2.45) is 35.3 Å². The first kappa shape index (κ1) is 43.1. The lowest BCUT2D eigenvalue weighted by molar-refractivity contribution is -0.317. The molecule has 0 aliphatic carbocycles. The zero-order valence-corrected chi connectivity index (χ0v) is 31.8. The van der Waals surface area contributed by atoms with Crippen molar-refractivity contribution in [1.82, 2.24) is 0 Å². The number of hydrogen-bond donors (Lipinski definition) is 6. The maximum Gasteiger partial charge on any atom is 0.311 e. The van der Waals surface area contributed by atoms with E-state index < -0.39 is 108 Å². The van der Waals surface area contributed by atoms with Crippen molar-refractivity contribution in [3.8, 4) is 0 Å². The smallest absolute Gasteiger partial charge is 0.311 e. The van der Waals surface area contributed by atoms with Gasteiger partial charge in [-0.1, -0.05) is 27.7 Å². The van der Waals surface area contributed by atoms with Gasteiger partial charge in [0.1, 0.15) is 29.7 Å². The molecule has 3 heterocycles. The highest BCUT2D eigenvalue weighted by atomic mass is 16.7. The standard InChI is InChI=1S/C36H65NO13/c1-17-14-19(3)46-33(27(17)39)50-31-21(5)28(49-25-16-35(9,45-11)30(41)23(7)47-25)22(6)32(42)48-24(12-13-37)36(10,44)29(40)20(4)26(38)18(2)15-34(31,8)43/h17-25,27-31,33,39-41,43-44H,12-16,37H2,1-11H3/t17?,18-,19?,20+,21+,22?,23?,24-,25?,27?,28?,29?,30?,31?,33?,34-,35?,36-/m1/s1. The molecule has 7 N–H and O–H groups in total. The van der Waals surface area contributed by atoms with E-state index in [9.17, 15) is 35.1 Å². The Morgan fingerprint density at radius 2 is 1.50 bits per heavy atom. The molecule has 14 heteroatoms. The van der Waals surface area contributed by atoms with E-state index in [4.69, 9.17) is 34.2 Å². The van der Waals surface area contributed by atoms with E-state index >= 15 is 0 Å². The van der Waals surface area contributed by atoms with Gasteiger partial charge in [0, 0.05) is 31.3 Å². The van der Waals surface area contributed by atoms with Crippen LogP contribution in [0.4, 0.5) is 0 Å². The Labute approximate surface area is 297 Å². The lowest BCUT2D eigenvalue weighted by atomic mass is 9.74. The lowest BCUT2D eigenvalue weighted by Crippen LogP contribution is -2.60. The van der Waals surface area contributed by atoms with Crippen molar-refractivity contribution in [3.63, 3.8) is 0 Å².